The van der Waals surface area contributed by atoms with Crippen molar-refractivity contribution in [3.8, 4) is 0 Å². The molecule has 0 heterocycles. The summed E-state index contributed by atoms with van der Waals surface area (Å²) in [7, 11) is 0. The number of benzene rings is 1. The molecule has 198 valence electrons. The molecule has 0 aliphatic carbocycles. The van der Waals surface area contributed by atoms with Gasteiger partial charge in [-0.25, -0.2) is 4.79 Å². The van der Waals surface area contributed by atoms with Crippen molar-refractivity contribution in [1.29, 1.82) is 0 Å². The number of nitrogens with two attached hydrogens (primary N) is 3. The van der Waals surface area contributed by atoms with E-state index in [0.717, 1.165) is 0 Å². The van der Waals surface area contributed by atoms with Gasteiger partial charge in [0.15, 0.2) is 5.96 Å². The van der Waals surface area contributed by atoms with E-state index in [2.05, 4.69) is 20.9 Å². The van der Waals surface area contributed by atoms with Gasteiger partial charge in [0.1, 0.15) is 12.1 Å². The van der Waals surface area contributed by atoms with Crippen LogP contribution in [0.1, 0.15) is 31.2 Å². The van der Waals surface area contributed by atoms with Crippen LogP contribution in [0.4, 0.5) is 0 Å². The lowest BCUT2D eigenvalue weighted by Crippen LogP contribution is -2.54. The molecule has 1 rings (SSSR count). The van der Waals surface area contributed by atoms with Crippen LogP contribution in [0, 0.1) is 0 Å². The standard InChI is InChI=1S/C22H33N7O7/c23-14(7-4-10-26-22(24)25)19(33)27-12-17(30)28-16(11-13-5-2-1-3-6-13)20(34)29-15(21(35)36)8-9-18(31)32/h1-3,5-6,14-16H,4,7-12,23H2,(H,27,33)(H,28,30)(H,29,34)(H,31,32)(H,35,36)(H4,24,25,26). The summed E-state index contributed by atoms with van der Waals surface area (Å²) in [5.74, 6) is -4.79. The van der Waals surface area contributed by atoms with E-state index in [1.165, 1.54) is 0 Å². The van der Waals surface area contributed by atoms with Crippen LogP contribution < -0.4 is 33.2 Å². The number of aliphatic imine (C=N–C) groups is 1. The monoisotopic (exact) mass is 507 g/mol. The number of guanidine groups is 1. The summed E-state index contributed by atoms with van der Waals surface area (Å²) in [5, 5.41) is 25.2. The molecule has 3 atom stereocenters. The fourth-order valence-electron chi connectivity index (χ4n) is 3.05. The minimum atomic E-state index is -1.46. The second-order valence-corrected chi connectivity index (χ2v) is 7.91. The van der Waals surface area contributed by atoms with Gasteiger partial charge in [0.25, 0.3) is 0 Å². The molecule has 0 aliphatic heterocycles. The van der Waals surface area contributed by atoms with Crippen LogP contribution in [0.3, 0.4) is 0 Å². The van der Waals surface area contributed by atoms with Crippen molar-refractivity contribution in [2.75, 3.05) is 13.1 Å². The first kappa shape index (κ1) is 29.8. The molecule has 0 aliphatic rings. The Balaban J connectivity index is 2.75. The van der Waals surface area contributed by atoms with Crippen LogP contribution in [0.5, 0.6) is 0 Å². The Morgan fingerprint density at radius 2 is 1.58 bits per heavy atom. The molecule has 11 N–H and O–H groups in total. The van der Waals surface area contributed by atoms with Crippen molar-refractivity contribution >= 4 is 35.6 Å². The number of nitrogens with one attached hydrogen (secondary N) is 3. The Morgan fingerprint density at radius 3 is 2.17 bits per heavy atom. The number of aliphatic carboxylic acids is 2. The first-order valence-electron chi connectivity index (χ1n) is 11.2. The summed E-state index contributed by atoms with van der Waals surface area (Å²) in [6.07, 6.45) is -0.0481. The number of hydrogen-bond acceptors (Lipinski definition) is 7. The highest BCUT2D eigenvalue weighted by molar-refractivity contribution is 5.92. The molecule has 0 spiro atoms. The fourth-order valence-corrected chi connectivity index (χ4v) is 3.05. The van der Waals surface area contributed by atoms with Gasteiger partial charge in [-0.05, 0) is 24.8 Å². The van der Waals surface area contributed by atoms with Crippen molar-refractivity contribution in [2.24, 2.45) is 22.2 Å². The predicted octanol–water partition coefficient (Wildman–Crippen LogP) is -2.35. The van der Waals surface area contributed by atoms with E-state index in [0.29, 0.717) is 18.5 Å². The SMILES string of the molecule is NC(N)=NCCCC(N)C(=O)NCC(=O)NC(Cc1ccccc1)C(=O)NC(CCC(=O)O)C(=O)O. The molecule has 1 aromatic rings. The summed E-state index contributed by atoms with van der Waals surface area (Å²) < 4.78 is 0. The largest absolute Gasteiger partial charge is 0.481 e. The van der Waals surface area contributed by atoms with Crippen LogP contribution in [0.2, 0.25) is 0 Å². The zero-order chi connectivity index (χ0) is 27.1. The number of rotatable bonds is 16. The lowest BCUT2D eigenvalue weighted by Gasteiger charge is -2.22. The third-order valence-electron chi connectivity index (χ3n) is 4.92. The van der Waals surface area contributed by atoms with Crippen LogP contribution in [0.25, 0.3) is 0 Å². The van der Waals surface area contributed by atoms with Gasteiger partial charge in [-0.15, -0.1) is 0 Å². The van der Waals surface area contributed by atoms with Crippen LogP contribution in [0.15, 0.2) is 35.3 Å². The van der Waals surface area contributed by atoms with Gasteiger partial charge in [0.2, 0.25) is 17.7 Å². The molecule has 0 saturated carbocycles. The van der Waals surface area contributed by atoms with Gasteiger partial charge in [-0.2, -0.15) is 0 Å². The van der Waals surface area contributed by atoms with Crippen molar-refractivity contribution in [3.63, 3.8) is 0 Å². The third kappa shape index (κ3) is 12.3. The van der Waals surface area contributed by atoms with Gasteiger partial charge in [-0.1, -0.05) is 30.3 Å². The second kappa shape index (κ2) is 15.7. The summed E-state index contributed by atoms with van der Waals surface area (Å²) in [6, 6.07) is 5.11. The summed E-state index contributed by atoms with van der Waals surface area (Å²) in [4.78, 5) is 63.4. The molecular weight excluding hydrogens is 474 g/mol. The Labute approximate surface area is 207 Å². The average molecular weight is 508 g/mol. The number of carbonyl (C=O) groups is 5. The van der Waals surface area contributed by atoms with Gasteiger partial charge in [0, 0.05) is 19.4 Å². The molecule has 0 aromatic heterocycles. The quantitative estimate of drug-likeness (QED) is 0.0671. The molecular formula is C22H33N7O7. The van der Waals surface area contributed by atoms with E-state index in [4.69, 9.17) is 22.3 Å². The maximum atomic E-state index is 12.8. The molecule has 14 nitrogen and oxygen atoms in total. The summed E-state index contributed by atoms with van der Waals surface area (Å²) in [6.45, 7) is -0.176. The Bertz CT molecular complexity index is 936. The number of carboxylic acid groups (broad SMARTS) is 2. The van der Waals surface area contributed by atoms with Crippen molar-refractivity contribution < 1.29 is 34.2 Å². The van der Waals surface area contributed by atoms with E-state index in [9.17, 15) is 29.1 Å². The number of hydrogen-bond donors (Lipinski definition) is 8. The van der Waals surface area contributed by atoms with Crippen LogP contribution >= 0.6 is 0 Å². The highest BCUT2D eigenvalue weighted by Crippen LogP contribution is 2.06. The average Bonchev–Trinajstić information content (AvgIpc) is 2.82. The highest BCUT2D eigenvalue weighted by Gasteiger charge is 2.27. The predicted molar refractivity (Wildman–Crippen MR) is 129 cm³/mol. The minimum Gasteiger partial charge on any atom is -0.481 e. The minimum absolute atomic E-state index is 0.0297. The number of carboxylic acids is 2. The zero-order valence-corrected chi connectivity index (χ0v) is 19.7. The Hall–Kier alpha value is -4.20. The van der Waals surface area contributed by atoms with E-state index in [1.807, 2.05) is 0 Å². The number of nitrogens with zero attached hydrogens (tertiary/aromatic N) is 1. The van der Waals surface area contributed by atoms with E-state index in [1.54, 1.807) is 30.3 Å². The molecule has 0 saturated heterocycles. The molecule has 1 aromatic carbocycles. The molecule has 0 bridgehead atoms. The maximum Gasteiger partial charge on any atom is 0.326 e. The number of carbonyl (C=O) groups excluding carboxylic acids is 3. The van der Waals surface area contributed by atoms with Crippen molar-refractivity contribution in [2.45, 2.75) is 50.2 Å². The van der Waals surface area contributed by atoms with Gasteiger partial charge in [0.05, 0.1) is 12.6 Å². The Kier molecular flexibility index (Phi) is 13.0. The molecule has 3 amide bonds. The lowest BCUT2D eigenvalue weighted by molar-refractivity contribution is -0.143. The van der Waals surface area contributed by atoms with Crippen LogP contribution in [-0.2, 0) is 30.4 Å². The van der Waals surface area contributed by atoms with E-state index < -0.39 is 60.8 Å². The first-order valence-corrected chi connectivity index (χ1v) is 11.2. The van der Waals surface area contributed by atoms with Gasteiger partial charge < -0.3 is 43.4 Å². The normalized spacial score (nSPS) is 12.9. The molecule has 14 heteroatoms. The maximum absolute atomic E-state index is 12.8. The van der Waals surface area contributed by atoms with Gasteiger partial charge >= 0.3 is 11.9 Å². The fraction of sp³-hybridized carbons (Fsp3) is 0.455. The summed E-state index contributed by atoms with van der Waals surface area (Å²) >= 11 is 0. The molecule has 0 fully saturated rings. The topological polar surface area (TPSA) is 252 Å². The molecule has 0 radical (unpaired) electrons. The second-order valence-electron chi connectivity index (χ2n) is 7.91. The number of amides is 3. The van der Waals surface area contributed by atoms with E-state index >= 15 is 0 Å². The smallest absolute Gasteiger partial charge is 0.326 e. The summed E-state index contributed by atoms with van der Waals surface area (Å²) in [5.41, 5.74) is 16.9. The van der Waals surface area contributed by atoms with Crippen LogP contribution in [-0.4, -0.2) is 77.0 Å². The molecule has 36 heavy (non-hydrogen) atoms. The van der Waals surface area contributed by atoms with E-state index in [-0.39, 0.29) is 25.2 Å². The van der Waals surface area contributed by atoms with Gasteiger partial charge in [-0.3, -0.25) is 24.2 Å². The molecule has 3 unspecified atom stereocenters. The lowest BCUT2D eigenvalue weighted by atomic mass is 10.0. The van der Waals surface area contributed by atoms with Crippen molar-refractivity contribution in [3.05, 3.63) is 35.9 Å². The zero-order valence-electron chi connectivity index (χ0n) is 19.7. The third-order valence-corrected chi connectivity index (χ3v) is 4.92. The first-order chi connectivity index (χ1) is 17.0. The highest BCUT2D eigenvalue weighted by atomic mass is 16.4. The Morgan fingerprint density at radius 1 is 0.917 bits per heavy atom. The van der Waals surface area contributed by atoms with Crippen molar-refractivity contribution in [1.82, 2.24) is 16.0 Å².